The maximum Gasteiger partial charge on any atom is 0.193 e. The minimum Gasteiger partial charge on any atom is -0.357 e. The van der Waals surface area contributed by atoms with Crippen molar-refractivity contribution in [3.63, 3.8) is 0 Å². The van der Waals surface area contributed by atoms with Crippen molar-refractivity contribution in [2.75, 3.05) is 59.9 Å². The molecule has 6 heteroatoms. The van der Waals surface area contributed by atoms with Gasteiger partial charge in [0.2, 0.25) is 0 Å². The standard InChI is InChI=1S/C16H33N5.HI/c1-5-17-16(21-8-6-14(2)7-9-21)18-12-15-13-19(3)10-11-20(15)4;/h14-15H,5-13H2,1-4H3,(H,17,18);1H. The number of halogens is 1. The summed E-state index contributed by atoms with van der Waals surface area (Å²) in [5.74, 6) is 1.98. The summed E-state index contributed by atoms with van der Waals surface area (Å²) >= 11 is 0. The van der Waals surface area contributed by atoms with Crippen LogP contribution in [0.2, 0.25) is 0 Å². The molecular formula is C16H34IN5. The van der Waals surface area contributed by atoms with Gasteiger partial charge < -0.3 is 15.1 Å². The summed E-state index contributed by atoms with van der Waals surface area (Å²) in [5, 5.41) is 3.48. The Labute approximate surface area is 153 Å². The average Bonchev–Trinajstić information content (AvgIpc) is 2.48. The molecule has 1 unspecified atom stereocenters. The molecule has 0 aliphatic carbocycles. The lowest BCUT2D eigenvalue weighted by molar-refractivity contribution is 0.119. The van der Waals surface area contributed by atoms with Gasteiger partial charge in [0.1, 0.15) is 0 Å². The molecule has 0 saturated carbocycles. The van der Waals surface area contributed by atoms with Crippen molar-refractivity contribution in [3.05, 3.63) is 0 Å². The van der Waals surface area contributed by atoms with Gasteiger partial charge in [-0.05, 0) is 39.8 Å². The first kappa shape index (κ1) is 20.0. The Morgan fingerprint density at radius 2 is 1.82 bits per heavy atom. The number of likely N-dealkylation sites (tertiary alicyclic amines) is 1. The minimum absolute atomic E-state index is 0. The van der Waals surface area contributed by atoms with Crippen LogP contribution in [0.25, 0.3) is 0 Å². The van der Waals surface area contributed by atoms with E-state index in [1.54, 1.807) is 0 Å². The fraction of sp³-hybridized carbons (Fsp3) is 0.938. The van der Waals surface area contributed by atoms with Crippen LogP contribution in [-0.2, 0) is 0 Å². The molecule has 1 atom stereocenters. The van der Waals surface area contributed by atoms with Gasteiger partial charge in [-0.2, -0.15) is 0 Å². The molecule has 2 rings (SSSR count). The van der Waals surface area contributed by atoms with Gasteiger partial charge in [0.15, 0.2) is 5.96 Å². The topological polar surface area (TPSA) is 34.1 Å². The number of aliphatic imine (C=N–C) groups is 1. The average molecular weight is 423 g/mol. The summed E-state index contributed by atoms with van der Waals surface area (Å²) in [6, 6.07) is 0.543. The summed E-state index contributed by atoms with van der Waals surface area (Å²) in [6.07, 6.45) is 2.58. The number of piperidine rings is 1. The first-order chi connectivity index (χ1) is 10.1. The Bertz CT molecular complexity index is 341. The highest BCUT2D eigenvalue weighted by Gasteiger charge is 2.23. The smallest absolute Gasteiger partial charge is 0.193 e. The van der Waals surface area contributed by atoms with Crippen molar-refractivity contribution in [3.8, 4) is 0 Å². The molecule has 130 valence electrons. The Kier molecular flexibility index (Phi) is 9.01. The van der Waals surface area contributed by atoms with E-state index in [-0.39, 0.29) is 24.0 Å². The third-order valence-electron chi connectivity index (χ3n) is 4.85. The monoisotopic (exact) mass is 423 g/mol. The fourth-order valence-electron chi connectivity index (χ4n) is 3.14. The number of likely N-dealkylation sites (N-methyl/N-ethyl adjacent to an activating group) is 2. The third kappa shape index (κ3) is 5.85. The van der Waals surface area contributed by atoms with Crippen molar-refractivity contribution in [1.82, 2.24) is 20.0 Å². The van der Waals surface area contributed by atoms with Crippen molar-refractivity contribution in [1.29, 1.82) is 0 Å². The highest BCUT2D eigenvalue weighted by Crippen LogP contribution is 2.16. The molecule has 2 aliphatic heterocycles. The van der Waals surface area contributed by atoms with Crippen molar-refractivity contribution in [2.45, 2.75) is 32.7 Å². The van der Waals surface area contributed by atoms with Gasteiger partial charge in [-0.1, -0.05) is 6.92 Å². The van der Waals surface area contributed by atoms with Crippen molar-refractivity contribution >= 4 is 29.9 Å². The summed E-state index contributed by atoms with van der Waals surface area (Å²) < 4.78 is 0. The predicted molar refractivity (Wildman–Crippen MR) is 105 cm³/mol. The van der Waals surface area contributed by atoms with Crippen LogP contribution in [0, 0.1) is 5.92 Å². The van der Waals surface area contributed by atoms with Crippen LogP contribution in [0.15, 0.2) is 4.99 Å². The molecule has 2 saturated heterocycles. The van der Waals surface area contributed by atoms with Gasteiger partial charge >= 0.3 is 0 Å². The summed E-state index contributed by atoms with van der Waals surface area (Å²) in [6.45, 7) is 12.1. The maximum absolute atomic E-state index is 4.93. The van der Waals surface area contributed by atoms with Crippen LogP contribution in [-0.4, -0.2) is 86.6 Å². The molecular weight excluding hydrogens is 389 g/mol. The first-order valence-electron chi connectivity index (χ1n) is 8.52. The maximum atomic E-state index is 4.93. The van der Waals surface area contributed by atoms with Gasteiger partial charge in [0, 0.05) is 45.3 Å². The molecule has 2 heterocycles. The lowest BCUT2D eigenvalue weighted by atomic mass is 10.00. The zero-order valence-corrected chi connectivity index (χ0v) is 17.0. The van der Waals surface area contributed by atoms with Gasteiger partial charge in [-0.3, -0.25) is 9.89 Å². The molecule has 0 bridgehead atoms. The van der Waals surface area contributed by atoms with E-state index in [1.807, 2.05) is 0 Å². The van der Waals surface area contributed by atoms with Gasteiger partial charge in [0.05, 0.1) is 6.54 Å². The van der Waals surface area contributed by atoms with Gasteiger partial charge in [-0.25, -0.2) is 0 Å². The second-order valence-electron chi connectivity index (χ2n) is 6.76. The van der Waals surface area contributed by atoms with Crippen LogP contribution in [0.5, 0.6) is 0 Å². The summed E-state index contributed by atoms with van der Waals surface area (Å²) in [4.78, 5) is 12.2. The SMILES string of the molecule is CCNC(=NCC1CN(C)CCN1C)N1CCC(C)CC1.I. The lowest BCUT2D eigenvalue weighted by Crippen LogP contribution is -2.52. The second-order valence-corrected chi connectivity index (χ2v) is 6.76. The molecule has 1 N–H and O–H groups in total. The zero-order valence-electron chi connectivity index (χ0n) is 14.7. The van der Waals surface area contributed by atoms with E-state index in [4.69, 9.17) is 4.99 Å². The number of piperazine rings is 1. The number of rotatable bonds is 3. The molecule has 2 fully saturated rings. The van der Waals surface area contributed by atoms with Crippen molar-refractivity contribution in [2.24, 2.45) is 10.9 Å². The van der Waals surface area contributed by atoms with E-state index < -0.39 is 0 Å². The van der Waals surface area contributed by atoms with E-state index in [9.17, 15) is 0 Å². The van der Waals surface area contributed by atoms with Crippen LogP contribution in [0.4, 0.5) is 0 Å². The van der Waals surface area contributed by atoms with E-state index in [2.05, 4.69) is 48.0 Å². The first-order valence-corrected chi connectivity index (χ1v) is 8.52. The molecule has 0 aromatic carbocycles. The highest BCUT2D eigenvalue weighted by atomic mass is 127. The highest BCUT2D eigenvalue weighted by molar-refractivity contribution is 14.0. The fourth-order valence-corrected chi connectivity index (χ4v) is 3.14. The number of hydrogen-bond donors (Lipinski definition) is 1. The Hall–Kier alpha value is -0.0800. The molecule has 22 heavy (non-hydrogen) atoms. The lowest BCUT2D eigenvalue weighted by Gasteiger charge is -2.37. The number of nitrogens with zero attached hydrogens (tertiary/aromatic N) is 4. The normalized spacial score (nSPS) is 25.9. The predicted octanol–water partition coefficient (Wildman–Crippen LogP) is 1.55. The van der Waals surface area contributed by atoms with E-state index in [0.29, 0.717) is 6.04 Å². The van der Waals surface area contributed by atoms with Crippen LogP contribution < -0.4 is 5.32 Å². The van der Waals surface area contributed by atoms with Gasteiger partial charge in [-0.15, -0.1) is 24.0 Å². The Balaban J connectivity index is 0.00000242. The van der Waals surface area contributed by atoms with Crippen LogP contribution in [0.3, 0.4) is 0 Å². The molecule has 5 nitrogen and oxygen atoms in total. The third-order valence-corrected chi connectivity index (χ3v) is 4.85. The molecule has 0 spiro atoms. The molecule has 0 aromatic heterocycles. The van der Waals surface area contributed by atoms with E-state index in [0.717, 1.165) is 51.1 Å². The Morgan fingerprint density at radius 1 is 1.14 bits per heavy atom. The molecule has 0 radical (unpaired) electrons. The summed E-state index contributed by atoms with van der Waals surface area (Å²) in [7, 11) is 4.43. The largest absolute Gasteiger partial charge is 0.357 e. The molecule has 2 aliphatic rings. The van der Waals surface area contributed by atoms with Gasteiger partial charge in [0.25, 0.3) is 0 Å². The molecule has 0 aromatic rings. The van der Waals surface area contributed by atoms with Crippen LogP contribution in [0.1, 0.15) is 26.7 Å². The number of guanidine groups is 1. The van der Waals surface area contributed by atoms with Crippen LogP contribution >= 0.6 is 24.0 Å². The molecule has 0 amide bonds. The Morgan fingerprint density at radius 3 is 2.45 bits per heavy atom. The number of hydrogen-bond acceptors (Lipinski definition) is 3. The minimum atomic E-state index is 0. The second kappa shape index (κ2) is 9.93. The summed E-state index contributed by atoms with van der Waals surface area (Å²) in [5.41, 5.74) is 0. The zero-order chi connectivity index (χ0) is 15.2. The van der Waals surface area contributed by atoms with Crippen molar-refractivity contribution < 1.29 is 0 Å². The van der Waals surface area contributed by atoms with E-state index in [1.165, 1.54) is 19.4 Å². The van der Waals surface area contributed by atoms with E-state index >= 15 is 0 Å². The quantitative estimate of drug-likeness (QED) is 0.425. The number of nitrogens with one attached hydrogen (secondary N) is 1.